The standard InChI is InChI=1S/C20H23N5OS/c1-14(2)15(3)21-20(26)17-11-7-8-12-18(17)27-13-19-22-23-24-25(19)16-9-5-4-6-10-16/h4-12,14-15H,13H2,1-3H3,(H,21,26). The predicted octanol–water partition coefficient (Wildman–Crippen LogP) is 3.73. The smallest absolute Gasteiger partial charge is 0.252 e. The number of aromatic nitrogens is 4. The zero-order chi connectivity index (χ0) is 19.2. The second-order valence-corrected chi connectivity index (χ2v) is 7.65. The molecule has 0 fully saturated rings. The molecule has 1 atom stereocenters. The first-order chi connectivity index (χ1) is 13.1. The molecule has 0 aliphatic heterocycles. The van der Waals surface area contributed by atoms with Crippen molar-refractivity contribution < 1.29 is 4.79 Å². The normalized spacial score (nSPS) is 12.1. The summed E-state index contributed by atoms with van der Waals surface area (Å²) in [6.07, 6.45) is 0. The molecule has 0 bridgehead atoms. The van der Waals surface area contributed by atoms with E-state index in [2.05, 4.69) is 34.7 Å². The molecule has 6 nitrogen and oxygen atoms in total. The highest BCUT2D eigenvalue weighted by atomic mass is 32.2. The van der Waals surface area contributed by atoms with E-state index in [9.17, 15) is 4.79 Å². The number of nitrogens with one attached hydrogen (secondary N) is 1. The van der Waals surface area contributed by atoms with Crippen LogP contribution in [0.2, 0.25) is 0 Å². The lowest BCUT2D eigenvalue weighted by molar-refractivity contribution is 0.0927. The van der Waals surface area contributed by atoms with Gasteiger partial charge in [-0.1, -0.05) is 44.2 Å². The van der Waals surface area contributed by atoms with Crippen LogP contribution in [0, 0.1) is 5.92 Å². The van der Waals surface area contributed by atoms with Gasteiger partial charge in [0.2, 0.25) is 0 Å². The molecule has 1 heterocycles. The highest BCUT2D eigenvalue weighted by Gasteiger charge is 2.17. The maximum Gasteiger partial charge on any atom is 0.252 e. The van der Waals surface area contributed by atoms with Gasteiger partial charge < -0.3 is 5.32 Å². The van der Waals surface area contributed by atoms with Crippen molar-refractivity contribution in [3.05, 3.63) is 66.0 Å². The van der Waals surface area contributed by atoms with Gasteiger partial charge in [0.25, 0.3) is 5.91 Å². The lowest BCUT2D eigenvalue weighted by Gasteiger charge is -2.18. The van der Waals surface area contributed by atoms with Gasteiger partial charge in [0.05, 0.1) is 17.0 Å². The van der Waals surface area contributed by atoms with Crippen molar-refractivity contribution in [2.24, 2.45) is 5.92 Å². The van der Waals surface area contributed by atoms with E-state index in [4.69, 9.17) is 0 Å². The van der Waals surface area contributed by atoms with Crippen LogP contribution < -0.4 is 5.32 Å². The largest absolute Gasteiger partial charge is 0.349 e. The van der Waals surface area contributed by atoms with Crippen molar-refractivity contribution in [1.82, 2.24) is 25.5 Å². The highest BCUT2D eigenvalue weighted by Crippen LogP contribution is 2.26. The number of benzene rings is 2. The Bertz CT molecular complexity index is 894. The van der Waals surface area contributed by atoms with Crippen LogP contribution in [-0.2, 0) is 5.75 Å². The van der Waals surface area contributed by atoms with Gasteiger partial charge in [0.1, 0.15) is 0 Å². The van der Waals surface area contributed by atoms with Crippen LogP contribution in [0.1, 0.15) is 37.0 Å². The summed E-state index contributed by atoms with van der Waals surface area (Å²) < 4.78 is 1.72. The Hall–Kier alpha value is -2.67. The maximum atomic E-state index is 12.7. The first-order valence-electron chi connectivity index (χ1n) is 8.91. The van der Waals surface area contributed by atoms with Gasteiger partial charge in [-0.25, -0.2) is 0 Å². The molecule has 7 heteroatoms. The Balaban J connectivity index is 1.75. The number of carbonyl (C=O) groups excluding carboxylic acids is 1. The predicted molar refractivity (Wildman–Crippen MR) is 107 cm³/mol. The summed E-state index contributed by atoms with van der Waals surface area (Å²) in [5.41, 5.74) is 1.59. The average Bonchev–Trinajstić information content (AvgIpc) is 3.15. The molecule has 0 radical (unpaired) electrons. The second-order valence-electron chi connectivity index (χ2n) is 6.63. The Labute approximate surface area is 163 Å². The minimum Gasteiger partial charge on any atom is -0.349 e. The second kappa shape index (κ2) is 8.81. The molecule has 2 aromatic carbocycles. The van der Waals surface area contributed by atoms with Crippen molar-refractivity contribution in [3.8, 4) is 5.69 Å². The molecule has 0 saturated heterocycles. The Morgan fingerprint density at radius 2 is 1.78 bits per heavy atom. The third-order valence-corrected chi connectivity index (χ3v) is 5.45. The van der Waals surface area contributed by atoms with E-state index in [-0.39, 0.29) is 11.9 Å². The first-order valence-corrected chi connectivity index (χ1v) is 9.90. The molecule has 1 amide bonds. The maximum absolute atomic E-state index is 12.7. The van der Waals surface area contributed by atoms with Crippen LogP contribution in [0.5, 0.6) is 0 Å². The van der Waals surface area contributed by atoms with E-state index >= 15 is 0 Å². The monoisotopic (exact) mass is 381 g/mol. The Kier molecular flexibility index (Phi) is 6.24. The van der Waals surface area contributed by atoms with Crippen molar-refractivity contribution in [2.45, 2.75) is 37.5 Å². The van der Waals surface area contributed by atoms with Gasteiger partial charge in [-0.05, 0) is 47.5 Å². The summed E-state index contributed by atoms with van der Waals surface area (Å²) in [5, 5.41) is 15.1. The third kappa shape index (κ3) is 4.74. The average molecular weight is 382 g/mol. The van der Waals surface area contributed by atoms with Gasteiger partial charge >= 0.3 is 0 Å². The number of nitrogens with zero attached hydrogens (tertiary/aromatic N) is 4. The number of thioether (sulfide) groups is 1. The summed E-state index contributed by atoms with van der Waals surface area (Å²) in [6.45, 7) is 6.20. The minimum atomic E-state index is -0.0537. The van der Waals surface area contributed by atoms with Crippen molar-refractivity contribution in [2.75, 3.05) is 0 Å². The molecule has 1 unspecified atom stereocenters. The van der Waals surface area contributed by atoms with Gasteiger partial charge in [-0.2, -0.15) is 4.68 Å². The SMILES string of the molecule is CC(C)C(C)NC(=O)c1ccccc1SCc1nnnn1-c1ccccc1. The molecular formula is C20H23N5OS. The molecule has 140 valence electrons. The van der Waals surface area contributed by atoms with Crippen LogP contribution in [-0.4, -0.2) is 32.2 Å². The summed E-state index contributed by atoms with van der Waals surface area (Å²) in [5.74, 6) is 1.62. The highest BCUT2D eigenvalue weighted by molar-refractivity contribution is 7.98. The third-order valence-electron chi connectivity index (χ3n) is 4.38. The van der Waals surface area contributed by atoms with Gasteiger partial charge in [-0.15, -0.1) is 16.9 Å². The van der Waals surface area contributed by atoms with Gasteiger partial charge in [0.15, 0.2) is 5.82 Å². The molecular weight excluding hydrogens is 358 g/mol. The van der Waals surface area contributed by atoms with E-state index in [0.29, 0.717) is 17.2 Å². The van der Waals surface area contributed by atoms with E-state index in [1.54, 1.807) is 16.4 Å². The molecule has 1 N–H and O–H groups in total. The molecule has 3 aromatic rings. The van der Waals surface area contributed by atoms with Crippen LogP contribution in [0.25, 0.3) is 5.69 Å². The summed E-state index contributed by atoms with van der Waals surface area (Å²) in [4.78, 5) is 13.6. The van der Waals surface area contributed by atoms with E-state index in [1.807, 2.05) is 61.5 Å². The van der Waals surface area contributed by atoms with Crippen molar-refractivity contribution in [3.63, 3.8) is 0 Å². The quantitative estimate of drug-likeness (QED) is 0.631. The van der Waals surface area contributed by atoms with E-state index in [0.717, 1.165) is 16.4 Å². The summed E-state index contributed by atoms with van der Waals surface area (Å²) in [7, 11) is 0. The molecule has 0 aliphatic rings. The van der Waals surface area contributed by atoms with Gasteiger partial charge in [-0.3, -0.25) is 4.79 Å². The van der Waals surface area contributed by atoms with Crippen LogP contribution in [0.15, 0.2) is 59.5 Å². The lowest BCUT2D eigenvalue weighted by atomic mass is 10.1. The Morgan fingerprint density at radius 1 is 1.07 bits per heavy atom. The lowest BCUT2D eigenvalue weighted by Crippen LogP contribution is -2.36. The van der Waals surface area contributed by atoms with Crippen molar-refractivity contribution >= 4 is 17.7 Å². The number of rotatable bonds is 7. The number of amides is 1. The molecule has 0 saturated carbocycles. The fourth-order valence-corrected chi connectivity index (χ4v) is 3.39. The molecule has 27 heavy (non-hydrogen) atoms. The first kappa shape index (κ1) is 19.1. The fraction of sp³-hybridized carbons (Fsp3) is 0.300. The fourth-order valence-electron chi connectivity index (χ4n) is 2.44. The van der Waals surface area contributed by atoms with E-state index in [1.165, 1.54) is 0 Å². The zero-order valence-corrected chi connectivity index (χ0v) is 16.5. The van der Waals surface area contributed by atoms with Crippen molar-refractivity contribution in [1.29, 1.82) is 0 Å². The molecule has 0 spiro atoms. The molecule has 1 aromatic heterocycles. The number of tetrazole rings is 1. The topological polar surface area (TPSA) is 72.7 Å². The number of hydrogen-bond acceptors (Lipinski definition) is 5. The van der Waals surface area contributed by atoms with E-state index < -0.39 is 0 Å². The minimum absolute atomic E-state index is 0.0537. The van der Waals surface area contributed by atoms with Crippen LogP contribution >= 0.6 is 11.8 Å². The van der Waals surface area contributed by atoms with Crippen LogP contribution in [0.3, 0.4) is 0 Å². The number of hydrogen-bond donors (Lipinski definition) is 1. The van der Waals surface area contributed by atoms with Crippen LogP contribution in [0.4, 0.5) is 0 Å². The molecule has 3 rings (SSSR count). The number of carbonyl (C=O) groups is 1. The zero-order valence-electron chi connectivity index (χ0n) is 15.7. The van der Waals surface area contributed by atoms with Gasteiger partial charge in [0, 0.05) is 10.9 Å². The molecule has 0 aliphatic carbocycles. The summed E-state index contributed by atoms with van der Waals surface area (Å²) >= 11 is 1.55. The summed E-state index contributed by atoms with van der Waals surface area (Å²) in [6, 6.07) is 17.5. The number of para-hydroxylation sites is 1. The Morgan fingerprint density at radius 3 is 2.52 bits per heavy atom.